The summed E-state index contributed by atoms with van der Waals surface area (Å²) in [6.45, 7) is 0.581. The van der Waals surface area contributed by atoms with Crippen molar-refractivity contribution in [1.82, 2.24) is 5.32 Å². The number of rotatable bonds is 6. The summed E-state index contributed by atoms with van der Waals surface area (Å²) in [6, 6.07) is 7.90. The Balaban J connectivity index is 2.42. The van der Waals surface area contributed by atoms with Crippen molar-refractivity contribution in [3.63, 3.8) is 0 Å². The molecule has 0 aromatic heterocycles. The second kappa shape index (κ2) is 7.58. The van der Waals surface area contributed by atoms with Crippen LogP contribution in [0.5, 0.6) is 0 Å². The van der Waals surface area contributed by atoms with Crippen LogP contribution in [0.1, 0.15) is 29.6 Å². The van der Waals surface area contributed by atoms with Gasteiger partial charge in [-0.05, 0) is 31.5 Å². The Morgan fingerprint density at radius 3 is 2.44 bits per heavy atom. The number of hydrogen-bond donors (Lipinski definition) is 3. The second-order valence-corrected chi connectivity index (χ2v) is 4.08. The number of amides is 2. The molecule has 1 rings (SSSR count). The van der Waals surface area contributed by atoms with Crippen molar-refractivity contribution >= 4 is 11.8 Å². The standard InChI is InChI=1S/C13H19N3O2/c14-9-5-4-8-11(15)13(18)16-12(17)10-6-2-1-3-7-10/h1-3,6-7,11H,4-5,8-9,14-15H2,(H,16,17,18). The Morgan fingerprint density at radius 2 is 1.83 bits per heavy atom. The molecule has 0 saturated heterocycles. The lowest BCUT2D eigenvalue weighted by molar-refractivity contribution is -0.121. The predicted octanol–water partition coefficient (Wildman–Crippen LogP) is 0.399. The van der Waals surface area contributed by atoms with Crippen LogP contribution in [-0.2, 0) is 4.79 Å². The Labute approximate surface area is 107 Å². The van der Waals surface area contributed by atoms with Gasteiger partial charge in [-0.3, -0.25) is 14.9 Å². The molecule has 1 unspecified atom stereocenters. The van der Waals surface area contributed by atoms with Crippen LogP contribution in [0.3, 0.4) is 0 Å². The fourth-order valence-electron chi connectivity index (χ4n) is 1.51. The minimum atomic E-state index is -0.663. The van der Waals surface area contributed by atoms with Gasteiger partial charge in [0.15, 0.2) is 0 Å². The molecule has 0 saturated carbocycles. The summed E-state index contributed by atoms with van der Waals surface area (Å²) < 4.78 is 0. The first-order valence-electron chi connectivity index (χ1n) is 6.01. The van der Waals surface area contributed by atoms with Crippen LogP contribution in [0.2, 0.25) is 0 Å². The third-order valence-electron chi connectivity index (χ3n) is 2.58. The van der Waals surface area contributed by atoms with Gasteiger partial charge in [0.2, 0.25) is 5.91 Å². The van der Waals surface area contributed by atoms with Crippen LogP contribution in [0, 0.1) is 0 Å². The highest BCUT2D eigenvalue weighted by Crippen LogP contribution is 2.00. The van der Waals surface area contributed by atoms with E-state index >= 15 is 0 Å². The Hall–Kier alpha value is -1.72. The maximum absolute atomic E-state index is 11.7. The number of carbonyl (C=O) groups excluding carboxylic acids is 2. The molecule has 5 N–H and O–H groups in total. The maximum Gasteiger partial charge on any atom is 0.257 e. The van der Waals surface area contributed by atoms with Crippen molar-refractivity contribution in [1.29, 1.82) is 0 Å². The quantitative estimate of drug-likeness (QED) is 0.635. The molecule has 18 heavy (non-hydrogen) atoms. The number of hydrogen-bond acceptors (Lipinski definition) is 4. The monoisotopic (exact) mass is 249 g/mol. The highest BCUT2D eigenvalue weighted by atomic mass is 16.2. The van der Waals surface area contributed by atoms with Crippen molar-refractivity contribution in [3.8, 4) is 0 Å². The van der Waals surface area contributed by atoms with E-state index in [4.69, 9.17) is 11.5 Å². The molecule has 2 amide bonds. The molecule has 1 aromatic rings. The normalized spacial score (nSPS) is 11.9. The first-order chi connectivity index (χ1) is 8.65. The predicted molar refractivity (Wildman–Crippen MR) is 69.8 cm³/mol. The average Bonchev–Trinajstić information content (AvgIpc) is 2.39. The summed E-state index contributed by atoms with van der Waals surface area (Å²) in [7, 11) is 0. The molecule has 0 aliphatic rings. The van der Waals surface area contributed by atoms with E-state index in [9.17, 15) is 9.59 Å². The number of nitrogens with two attached hydrogens (primary N) is 2. The van der Waals surface area contributed by atoms with E-state index in [0.717, 1.165) is 12.8 Å². The average molecular weight is 249 g/mol. The highest BCUT2D eigenvalue weighted by molar-refractivity contribution is 6.05. The Bertz CT molecular complexity index is 392. The van der Waals surface area contributed by atoms with Crippen LogP contribution >= 0.6 is 0 Å². The number of carbonyl (C=O) groups is 2. The zero-order valence-corrected chi connectivity index (χ0v) is 10.3. The van der Waals surface area contributed by atoms with Crippen molar-refractivity contribution in [3.05, 3.63) is 35.9 Å². The van der Waals surface area contributed by atoms with E-state index in [1.54, 1.807) is 30.3 Å². The lowest BCUT2D eigenvalue weighted by Gasteiger charge is -2.11. The molecule has 0 aliphatic carbocycles. The smallest absolute Gasteiger partial charge is 0.257 e. The number of unbranched alkanes of at least 4 members (excludes halogenated alkanes) is 1. The molecule has 0 radical (unpaired) electrons. The van der Waals surface area contributed by atoms with Gasteiger partial charge < -0.3 is 11.5 Å². The molecule has 0 fully saturated rings. The molecule has 5 heteroatoms. The molecule has 98 valence electrons. The Kier molecular flexibility index (Phi) is 6.04. The van der Waals surface area contributed by atoms with Gasteiger partial charge in [-0.25, -0.2) is 0 Å². The Morgan fingerprint density at radius 1 is 1.17 bits per heavy atom. The van der Waals surface area contributed by atoms with Gasteiger partial charge in [-0.2, -0.15) is 0 Å². The number of benzene rings is 1. The van der Waals surface area contributed by atoms with Gasteiger partial charge in [0.1, 0.15) is 0 Å². The third kappa shape index (κ3) is 4.65. The fraction of sp³-hybridized carbons (Fsp3) is 0.385. The fourth-order valence-corrected chi connectivity index (χ4v) is 1.51. The summed E-state index contributed by atoms with van der Waals surface area (Å²) in [4.78, 5) is 23.3. The van der Waals surface area contributed by atoms with Crippen LogP contribution in [0.4, 0.5) is 0 Å². The molecule has 0 bridgehead atoms. The molecule has 0 aliphatic heterocycles. The van der Waals surface area contributed by atoms with E-state index in [0.29, 0.717) is 18.5 Å². The summed E-state index contributed by atoms with van der Waals surface area (Å²) in [5, 5.41) is 2.29. The second-order valence-electron chi connectivity index (χ2n) is 4.08. The summed E-state index contributed by atoms with van der Waals surface area (Å²) >= 11 is 0. The van der Waals surface area contributed by atoms with Gasteiger partial charge in [0.05, 0.1) is 6.04 Å². The number of imide groups is 1. The molecule has 0 heterocycles. The van der Waals surface area contributed by atoms with Crippen molar-refractivity contribution < 1.29 is 9.59 Å². The van der Waals surface area contributed by atoms with Gasteiger partial charge >= 0.3 is 0 Å². The van der Waals surface area contributed by atoms with E-state index in [2.05, 4.69) is 5.32 Å². The summed E-state index contributed by atoms with van der Waals surface area (Å²) in [6.07, 6.45) is 2.14. The van der Waals surface area contributed by atoms with Gasteiger partial charge in [-0.15, -0.1) is 0 Å². The summed E-state index contributed by atoms with van der Waals surface area (Å²) in [5.74, 6) is -0.865. The van der Waals surface area contributed by atoms with Crippen LogP contribution in [0.15, 0.2) is 30.3 Å². The van der Waals surface area contributed by atoms with E-state index in [-0.39, 0.29) is 0 Å². The van der Waals surface area contributed by atoms with Crippen molar-refractivity contribution in [2.75, 3.05) is 6.54 Å². The molecule has 1 atom stereocenters. The first kappa shape index (κ1) is 14.3. The maximum atomic E-state index is 11.7. The highest BCUT2D eigenvalue weighted by Gasteiger charge is 2.16. The summed E-state index contributed by atoms with van der Waals surface area (Å²) in [5.41, 5.74) is 11.5. The van der Waals surface area contributed by atoms with Gasteiger partial charge in [0.25, 0.3) is 5.91 Å². The molecule has 1 aromatic carbocycles. The van der Waals surface area contributed by atoms with Crippen LogP contribution < -0.4 is 16.8 Å². The lowest BCUT2D eigenvalue weighted by Crippen LogP contribution is -2.43. The largest absolute Gasteiger partial charge is 0.330 e. The molecule has 0 spiro atoms. The zero-order chi connectivity index (χ0) is 13.4. The SMILES string of the molecule is NCCCCC(N)C(=O)NC(=O)c1ccccc1. The van der Waals surface area contributed by atoms with E-state index in [1.807, 2.05) is 0 Å². The third-order valence-corrected chi connectivity index (χ3v) is 2.58. The minimum absolute atomic E-state index is 0.421. The van der Waals surface area contributed by atoms with Gasteiger partial charge in [0, 0.05) is 5.56 Å². The first-order valence-corrected chi connectivity index (χ1v) is 6.01. The molecular weight excluding hydrogens is 230 g/mol. The topological polar surface area (TPSA) is 98.2 Å². The molecule has 5 nitrogen and oxygen atoms in total. The van der Waals surface area contributed by atoms with Crippen LogP contribution in [-0.4, -0.2) is 24.4 Å². The van der Waals surface area contributed by atoms with Crippen LogP contribution in [0.25, 0.3) is 0 Å². The van der Waals surface area contributed by atoms with Gasteiger partial charge in [-0.1, -0.05) is 24.6 Å². The molecular formula is C13H19N3O2. The number of nitrogens with one attached hydrogen (secondary N) is 1. The zero-order valence-electron chi connectivity index (χ0n) is 10.3. The van der Waals surface area contributed by atoms with Crippen molar-refractivity contribution in [2.24, 2.45) is 11.5 Å². The van der Waals surface area contributed by atoms with E-state index < -0.39 is 17.9 Å². The minimum Gasteiger partial charge on any atom is -0.330 e. The lowest BCUT2D eigenvalue weighted by atomic mass is 10.1. The van der Waals surface area contributed by atoms with Crippen molar-refractivity contribution in [2.45, 2.75) is 25.3 Å². The van der Waals surface area contributed by atoms with E-state index in [1.165, 1.54) is 0 Å².